The van der Waals surface area contributed by atoms with E-state index in [1.165, 1.54) is 0 Å². The third-order valence-electron chi connectivity index (χ3n) is 2.01. The molecule has 0 unspecified atom stereocenters. The highest BCUT2D eigenvalue weighted by Gasteiger charge is 2.05. The fourth-order valence-corrected chi connectivity index (χ4v) is 1.17. The van der Waals surface area contributed by atoms with E-state index in [1.807, 2.05) is 36.6 Å². The van der Waals surface area contributed by atoms with Crippen LogP contribution in [-0.2, 0) is 11.4 Å². The maximum Gasteiger partial charge on any atom is 0.142 e. The van der Waals surface area contributed by atoms with Gasteiger partial charge in [0.25, 0.3) is 0 Å². The van der Waals surface area contributed by atoms with Crippen molar-refractivity contribution in [3.63, 3.8) is 0 Å². The number of hydrogen-bond acceptors (Lipinski definition) is 2. The topological polar surface area (TPSA) is 21.6 Å². The van der Waals surface area contributed by atoms with Gasteiger partial charge in [0.1, 0.15) is 6.61 Å². The second-order valence-corrected chi connectivity index (χ2v) is 4.78. The first-order chi connectivity index (χ1) is 7.53. The Morgan fingerprint density at radius 3 is 2.62 bits per heavy atom. The zero-order valence-electron chi connectivity index (χ0n) is 10.2. The molecule has 0 spiro atoms. The Morgan fingerprint density at radius 1 is 1.31 bits per heavy atom. The molecule has 0 aromatic heterocycles. The quantitative estimate of drug-likeness (QED) is 0.554. The lowest BCUT2D eigenvalue weighted by atomic mass is 10.00. The summed E-state index contributed by atoms with van der Waals surface area (Å²) in [5.74, 6) is 0. The van der Waals surface area contributed by atoms with Crippen molar-refractivity contribution in [2.75, 3.05) is 0 Å². The molecule has 0 aliphatic carbocycles. The summed E-state index contributed by atoms with van der Waals surface area (Å²) in [4.78, 5) is 5.26. The molecule has 1 rings (SSSR count). The van der Waals surface area contributed by atoms with Crippen LogP contribution in [0.1, 0.15) is 31.9 Å². The van der Waals surface area contributed by atoms with Gasteiger partial charge in [-0.3, -0.25) is 0 Å². The molecule has 0 N–H and O–H groups in total. The molecule has 2 nitrogen and oxygen atoms in total. The first-order valence-corrected chi connectivity index (χ1v) is 5.40. The number of hydrogen-bond donors (Lipinski definition) is 0. The van der Waals surface area contributed by atoms with E-state index in [2.05, 4.69) is 32.5 Å². The summed E-state index contributed by atoms with van der Waals surface area (Å²) in [6.45, 7) is 10.5. The first-order valence-electron chi connectivity index (χ1n) is 5.40. The van der Waals surface area contributed by atoms with Crippen molar-refractivity contribution in [3.8, 4) is 0 Å². The minimum atomic E-state index is 0.0535. The van der Waals surface area contributed by atoms with Crippen molar-refractivity contribution in [1.29, 1.82) is 0 Å². The van der Waals surface area contributed by atoms with Crippen LogP contribution >= 0.6 is 0 Å². The van der Waals surface area contributed by atoms with Crippen LogP contribution in [0, 0.1) is 5.41 Å². The van der Waals surface area contributed by atoms with Gasteiger partial charge in [-0.2, -0.15) is 0 Å². The zero-order chi connectivity index (χ0) is 12.0. The van der Waals surface area contributed by atoms with E-state index in [0.717, 1.165) is 11.1 Å². The third-order valence-corrected chi connectivity index (χ3v) is 2.01. The summed E-state index contributed by atoms with van der Waals surface area (Å²) in [5, 5.41) is 3.95. The highest BCUT2D eigenvalue weighted by atomic mass is 16.6. The van der Waals surface area contributed by atoms with Crippen molar-refractivity contribution in [2.45, 2.75) is 27.4 Å². The van der Waals surface area contributed by atoms with Crippen molar-refractivity contribution in [2.24, 2.45) is 10.6 Å². The van der Waals surface area contributed by atoms with Gasteiger partial charge in [-0.1, -0.05) is 62.8 Å². The minimum Gasteiger partial charge on any atom is -0.391 e. The Kier molecular flexibility index (Phi) is 4.29. The van der Waals surface area contributed by atoms with Crippen LogP contribution in [0.2, 0.25) is 0 Å². The van der Waals surface area contributed by atoms with Gasteiger partial charge in [0.05, 0.1) is 0 Å². The summed E-state index contributed by atoms with van der Waals surface area (Å²) in [7, 11) is 0. The van der Waals surface area contributed by atoms with Gasteiger partial charge in [0.2, 0.25) is 0 Å². The monoisotopic (exact) mass is 217 g/mol. The van der Waals surface area contributed by atoms with Gasteiger partial charge in [-0.15, -0.1) is 0 Å². The van der Waals surface area contributed by atoms with Crippen LogP contribution in [-0.4, -0.2) is 6.21 Å². The Labute approximate surface area is 97.6 Å². The Hall–Kier alpha value is -1.57. The van der Waals surface area contributed by atoms with E-state index < -0.39 is 0 Å². The molecule has 1 aromatic rings. The molecule has 16 heavy (non-hydrogen) atoms. The summed E-state index contributed by atoms with van der Waals surface area (Å²) >= 11 is 0. The molecule has 1 aromatic carbocycles. The minimum absolute atomic E-state index is 0.0535. The van der Waals surface area contributed by atoms with Crippen LogP contribution < -0.4 is 0 Å². The molecule has 0 aliphatic rings. The average molecular weight is 217 g/mol. The van der Waals surface area contributed by atoms with Crippen molar-refractivity contribution >= 4 is 12.3 Å². The summed E-state index contributed by atoms with van der Waals surface area (Å²) < 4.78 is 0. The van der Waals surface area contributed by atoms with Gasteiger partial charge in [-0.05, 0) is 11.1 Å². The van der Waals surface area contributed by atoms with E-state index in [4.69, 9.17) is 4.84 Å². The fourth-order valence-electron chi connectivity index (χ4n) is 1.17. The highest BCUT2D eigenvalue weighted by molar-refractivity contribution is 5.63. The first kappa shape index (κ1) is 12.5. The molecular weight excluding hydrogens is 198 g/mol. The maximum absolute atomic E-state index is 5.26. The van der Waals surface area contributed by atoms with E-state index in [0.29, 0.717) is 6.61 Å². The second-order valence-electron chi connectivity index (χ2n) is 4.78. The van der Waals surface area contributed by atoms with Gasteiger partial charge < -0.3 is 4.84 Å². The lowest BCUT2D eigenvalue weighted by Crippen LogP contribution is -2.06. The van der Waals surface area contributed by atoms with Crippen LogP contribution in [0.3, 0.4) is 0 Å². The van der Waals surface area contributed by atoms with Gasteiger partial charge in [0, 0.05) is 11.6 Å². The SMILES string of the molecule is C=Cc1ccccc1CON=CC(C)(C)C. The second kappa shape index (κ2) is 5.50. The standard InChI is InChI=1S/C14H19NO/c1-5-12-8-6-7-9-13(12)10-16-15-11-14(2,3)4/h5-9,11H,1,10H2,2-4H3. The number of oxime groups is 1. The Balaban J connectivity index is 2.55. The molecule has 0 fully saturated rings. The summed E-state index contributed by atoms with van der Waals surface area (Å²) in [6.07, 6.45) is 3.63. The highest BCUT2D eigenvalue weighted by Crippen LogP contribution is 2.12. The zero-order valence-corrected chi connectivity index (χ0v) is 10.2. The van der Waals surface area contributed by atoms with Crippen LogP contribution in [0.25, 0.3) is 6.08 Å². The number of rotatable bonds is 4. The molecule has 0 radical (unpaired) electrons. The third kappa shape index (κ3) is 4.30. The van der Waals surface area contributed by atoms with E-state index in [1.54, 1.807) is 0 Å². The molecule has 0 amide bonds. The number of benzene rings is 1. The van der Waals surface area contributed by atoms with E-state index >= 15 is 0 Å². The number of nitrogens with zero attached hydrogens (tertiary/aromatic N) is 1. The van der Waals surface area contributed by atoms with Crippen LogP contribution in [0.5, 0.6) is 0 Å². The normalized spacial score (nSPS) is 11.7. The predicted molar refractivity (Wildman–Crippen MR) is 69.3 cm³/mol. The lowest BCUT2D eigenvalue weighted by Gasteiger charge is -2.10. The molecule has 2 heteroatoms. The van der Waals surface area contributed by atoms with Crippen LogP contribution in [0.4, 0.5) is 0 Å². The molecule has 0 heterocycles. The molecule has 0 saturated carbocycles. The molecule has 86 valence electrons. The van der Waals surface area contributed by atoms with Crippen LogP contribution in [0.15, 0.2) is 36.0 Å². The Morgan fingerprint density at radius 2 is 2.00 bits per heavy atom. The largest absolute Gasteiger partial charge is 0.391 e. The summed E-state index contributed by atoms with van der Waals surface area (Å²) in [5.41, 5.74) is 2.25. The van der Waals surface area contributed by atoms with E-state index in [-0.39, 0.29) is 5.41 Å². The lowest BCUT2D eigenvalue weighted by molar-refractivity contribution is 0.129. The molecular formula is C14H19NO. The van der Waals surface area contributed by atoms with Gasteiger partial charge in [-0.25, -0.2) is 0 Å². The molecule has 0 atom stereocenters. The van der Waals surface area contributed by atoms with Crippen molar-refractivity contribution in [3.05, 3.63) is 42.0 Å². The van der Waals surface area contributed by atoms with Crippen molar-refractivity contribution in [1.82, 2.24) is 0 Å². The van der Waals surface area contributed by atoms with Gasteiger partial charge >= 0.3 is 0 Å². The summed E-state index contributed by atoms with van der Waals surface area (Å²) in [6, 6.07) is 8.00. The van der Waals surface area contributed by atoms with Gasteiger partial charge in [0.15, 0.2) is 0 Å². The maximum atomic E-state index is 5.26. The molecule has 0 saturated heterocycles. The smallest absolute Gasteiger partial charge is 0.142 e. The fraction of sp³-hybridized carbons (Fsp3) is 0.357. The molecule has 0 bridgehead atoms. The van der Waals surface area contributed by atoms with E-state index in [9.17, 15) is 0 Å². The predicted octanol–water partition coefficient (Wildman–Crippen LogP) is 3.88. The average Bonchev–Trinajstić information content (AvgIpc) is 2.23. The molecule has 0 aliphatic heterocycles. The Bertz CT molecular complexity index is 375. The van der Waals surface area contributed by atoms with Crippen molar-refractivity contribution < 1.29 is 4.84 Å².